The third-order valence-electron chi connectivity index (χ3n) is 6.77. The molecule has 198 valence electrons. The fourth-order valence-electron chi connectivity index (χ4n) is 4.72. The maximum atomic E-state index is 13.0. The molecular formula is C26H27N5O6S. The fraction of sp³-hybridized carbons (Fsp3) is 0.346. The Balaban J connectivity index is 1.24. The van der Waals surface area contributed by atoms with Gasteiger partial charge in [0.25, 0.3) is 16.8 Å². The first-order valence-electron chi connectivity index (χ1n) is 12.3. The molecule has 0 saturated carbocycles. The summed E-state index contributed by atoms with van der Waals surface area (Å²) in [5.41, 5.74) is 1.93. The number of benzene rings is 2. The minimum absolute atomic E-state index is 0.0790. The van der Waals surface area contributed by atoms with Gasteiger partial charge in [-0.15, -0.1) is 0 Å². The predicted molar refractivity (Wildman–Crippen MR) is 144 cm³/mol. The second-order valence-electron chi connectivity index (χ2n) is 9.08. The number of nitrogens with zero attached hydrogens (tertiary/aromatic N) is 5. The number of hydrogen-bond acceptors (Lipinski definition) is 9. The number of carbonyl (C=O) groups is 3. The molecule has 0 N–H and O–H groups in total. The van der Waals surface area contributed by atoms with E-state index in [1.165, 1.54) is 12.1 Å². The lowest BCUT2D eigenvalue weighted by Gasteiger charge is -2.36. The predicted octanol–water partition coefficient (Wildman–Crippen LogP) is 2.82. The van der Waals surface area contributed by atoms with Gasteiger partial charge in [-0.3, -0.25) is 29.4 Å². The van der Waals surface area contributed by atoms with Crippen LogP contribution < -0.4 is 9.80 Å². The molecule has 2 aromatic carbocycles. The summed E-state index contributed by atoms with van der Waals surface area (Å²) >= 11 is 0.732. The van der Waals surface area contributed by atoms with Crippen LogP contribution in [0.5, 0.6) is 0 Å². The Morgan fingerprint density at radius 1 is 0.974 bits per heavy atom. The van der Waals surface area contributed by atoms with E-state index in [4.69, 9.17) is 4.74 Å². The number of anilines is 2. The van der Waals surface area contributed by atoms with Crippen molar-refractivity contribution < 1.29 is 24.0 Å². The van der Waals surface area contributed by atoms with Crippen LogP contribution in [0.15, 0.2) is 53.4 Å². The van der Waals surface area contributed by atoms with E-state index in [0.717, 1.165) is 22.3 Å². The van der Waals surface area contributed by atoms with E-state index >= 15 is 0 Å². The van der Waals surface area contributed by atoms with Crippen LogP contribution in [0.2, 0.25) is 0 Å². The quantitative estimate of drug-likeness (QED) is 0.312. The summed E-state index contributed by atoms with van der Waals surface area (Å²) in [6, 6.07) is 14.7. The highest BCUT2D eigenvalue weighted by Crippen LogP contribution is 2.35. The average molecular weight is 538 g/mol. The van der Waals surface area contributed by atoms with Gasteiger partial charge in [-0.25, -0.2) is 0 Å². The highest BCUT2D eigenvalue weighted by Gasteiger charge is 2.37. The average Bonchev–Trinajstić information content (AvgIpc) is 3.21. The molecule has 0 atom stereocenters. The first-order chi connectivity index (χ1) is 18.4. The molecule has 3 saturated heterocycles. The Morgan fingerprint density at radius 2 is 1.68 bits per heavy atom. The third-order valence-corrected chi connectivity index (χ3v) is 7.67. The molecule has 11 nitrogen and oxygen atoms in total. The largest absolute Gasteiger partial charge is 0.378 e. The molecule has 3 aliphatic rings. The first kappa shape index (κ1) is 25.7. The molecule has 0 aromatic heterocycles. The molecule has 0 unspecified atom stereocenters. The summed E-state index contributed by atoms with van der Waals surface area (Å²) in [5, 5.41) is 11.2. The van der Waals surface area contributed by atoms with Crippen molar-refractivity contribution in [2.24, 2.45) is 0 Å². The van der Waals surface area contributed by atoms with E-state index in [0.29, 0.717) is 63.7 Å². The lowest BCUT2D eigenvalue weighted by Crippen LogP contribution is -2.51. The van der Waals surface area contributed by atoms with Crippen molar-refractivity contribution in [1.29, 1.82) is 0 Å². The summed E-state index contributed by atoms with van der Waals surface area (Å²) in [6.45, 7) is 4.08. The zero-order chi connectivity index (χ0) is 26.6. The molecule has 3 fully saturated rings. The summed E-state index contributed by atoms with van der Waals surface area (Å²) in [6.07, 6.45) is 1.46. The van der Waals surface area contributed by atoms with E-state index in [2.05, 4.69) is 4.90 Å². The Bertz CT molecular complexity index is 1270. The van der Waals surface area contributed by atoms with Crippen molar-refractivity contribution in [3.05, 3.63) is 69.1 Å². The standard InChI is InChI=1S/C26H27N5O6S/c32-24(29-10-8-27(9-11-29)20-4-2-1-3-5-20)18-30-25(33)23(38-26(30)34)17-19-6-7-21(22(16-19)31(35)36)28-12-14-37-15-13-28/h1-7,16-17H,8-15,18H2/b23-17+. The van der Waals surface area contributed by atoms with Gasteiger partial charge in [-0.05, 0) is 41.6 Å². The van der Waals surface area contributed by atoms with Crippen LogP contribution in [-0.4, -0.2) is 90.8 Å². The third kappa shape index (κ3) is 5.50. The highest BCUT2D eigenvalue weighted by molar-refractivity contribution is 8.18. The highest BCUT2D eigenvalue weighted by atomic mass is 32.2. The van der Waals surface area contributed by atoms with Gasteiger partial charge in [0.1, 0.15) is 12.2 Å². The maximum absolute atomic E-state index is 13.0. The molecule has 3 aliphatic heterocycles. The Morgan fingerprint density at radius 3 is 2.37 bits per heavy atom. The fourth-order valence-corrected chi connectivity index (χ4v) is 5.56. The topological polar surface area (TPSA) is 117 Å². The van der Waals surface area contributed by atoms with Crippen LogP contribution in [-0.2, 0) is 14.3 Å². The van der Waals surface area contributed by atoms with Crippen molar-refractivity contribution in [3.8, 4) is 0 Å². The lowest BCUT2D eigenvalue weighted by atomic mass is 10.1. The number of carbonyl (C=O) groups excluding carboxylic acids is 3. The van der Waals surface area contributed by atoms with Crippen LogP contribution in [0.25, 0.3) is 6.08 Å². The molecule has 3 heterocycles. The molecule has 38 heavy (non-hydrogen) atoms. The molecule has 0 aliphatic carbocycles. The number of imide groups is 1. The number of ether oxygens (including phenoxy) is 1. The summed E-state index contributed by atoms with van der Waals surface area (Å²) < 4.78 is 5.33. The molecule has 0 spiro atoms. The summed E-state index contributed by atoms with van der Waals surface area (Å²) in [5.74, 6) is -0.858. The number of nitro benzene ring substituents is 1. The van der Waals surface area contributed by atoms with Crippen LogP contribution in [0.3, 0.4) is 0 Å². The monoisotopic (exact) mass is 537 g/mol. The van der Waals surface area contributed by atoms with Gasteiger partial charge in [0.05, 0.1) is 23.0 Å². The first-order valence-corrected chi connectivity index (χ1v) is 13.2. The number of morpholine rings is 1. The van der Waals surface area contributed by atoms with Crippen molar-refractivity contribution >= 4 is 52.0 Å². The SMILES string of the molecule is O=C(CN1C(=O)S/C(=C/c2ccc(N3CCOCC3)c([N+](=O)[O-])c2)C1=O)N1CCN(c2ccccc2)CC1. The van der Waals surface area contributed by atoms with Crippen LogP contribution in [0, 0.1) is 10.1 Å². The molecule has 2 aromatic rings. The van der Waals surface area contributed by atoms with Gasteiger partial charge in [0.2, 0.25) is 5.91 Å². The minimum atomic E-state index is -0.573. The maximum Gasteiger partial charge on any atom is 0.294 e. The van der Waals surface area contributed by atoms with Gasteiger partial charge in [-0.1, -0.05) is 24.3 Å². The van der Waals surface area contributed by atoms with E-state index in [1.807, 2.05) is 35.2 Å². The smallest absolute Gasteiger partial charge is 0.294 e. The second-order valence-corrected chi connectivity index (χ2v) is 10.1. The second kappa shape index (κ2) is 11.2. The van der Waals surface area contributed by atoms with Crippen LogP contribution in [0.1, 0.15) is 5.56 Å². The van der Waals surface area contributed by atoms with Crippen LogP contribution >= 0.6 is 11.8 Å². The molecule has 5 rings (SSSR count). The van der Waals surface area contributed by atoms with Crippen molar-refractivity contribution in [2.45, 2.75) is 0 Å². The van der Waals surface area contributed by atoms with Gasteiger partial charge >= 0.3 is 0 Å². The number of para-hydroxylation sites is 1. The van der Waals surface area contributed by atoms with E-state index in [9.17, 15) is 24.5 Å². The zero-order valence-electron chi connectivity index (χ0n) is 20.7. The number of thioether (sulfide) groups is 1. The Hall–Kier alpha value is -3.90. The number of piperazine rings is 1. The van der Waals surface area contributed by atoms with Crippen molar-refractivity contribution in [1.82, 2.24) is 9.80 Å². The number of nitro groups is 1. The summed E-state index contributed by atoms with van der Waals surface area (Å²) in [7, 11) is 0. The molecule has 3 amide bonds. The molecule has 12 heteroatoms. The minimum Gasteiger partial charge on any atom is -0.378 e. The van der Waals surface area contributed by atoms with Gasteiger partial charge in [-0.2, -0.15) is 0 Å². The van der Waals surface area contributed by atoms with Gasteiger partial charge in [0.15, 0.2) is 0 Å². The Kier molecular flexibility index (Phi) is 7.61. The summed E-state index contributed by atoms with van der Waals surface area (Å²) in [4.78, 5) is 56.6. The molecule has 0 radical (unpaired) electrons. The van der Waals surface area contributed by atoms with Crippen LogP contribution in [0.4, 0.5) is 21.9 Å². The van der Waals surface area contributed by atoms with E-state index < -0.39 is 16.1 Å². The normalized spacial score (nSPS) is 19.4. The van der Waals surface area contributed by atoms with Crippen molar-refractivity contribution in [3.63, 3.8) is 0 Å². The Labute approximate surface area is 223 Å². The van der Waals surface area contributed by atoms with Gasteiger partial charge < -0.3 is 19.4 Å². The number of rotatable bonds is 6. The van der Waals surface area contributed by atoms with E-state index in [-0.39, 0.29) is 23.0 Å². The number of hydrogen-bond donors (Lipinski definition) is 0. The molecule has 0 bridgehead atoms. The zero-order valence-corrected chi connectivity index (χ0v) is 21.5. The van der Waals surface area contributed by atoms with E-state index in [1.54, 1.807) is 17.0 Å². The van der Waals surface area contributed by atoms with Crippen molar-refractivity contribution in [2.75, 3.05) is 68.8 Å². The van der Waals surface area contributed by atoms with Gasteiger partial charge in [0, 0.05) is 51.0 Å². The molecular weight excluding hydrogens is 510 g/mol. The number of amides is 3. The lowest BCUT2D eigenvalue weighted by molar-refractivity contribution is -0.384.